The molecule has 1 fully saturated rings. The van der Waals surface area contributed by atoms with Crippen molar-refractivity contribution in [1.29, 1.82) is 0 Å². The van der Waals surface area contributed by atoms with E-state index in [1.807, 2.05) is 18.2 Å². The standard InChI is InChI=1S/C23H26FN3O3S/c1-29-19-7-8-20-21(16-19)31-23(25-20)27(10-2-9-26-11-13-30-14-12-26)22(28)15-17-3-5-18(24)6-4-17/h3-8,16H,2,9-15H2,1H3. The molecule has 8 heteroatoms. The van der Waals surface area contributed by atoms with E-state index in [1.165, 1.54) is 23.5 Å². The Labute approximate surface area is 185 Å². The molecule has 164 valence electrons. The monoisotopic (exact) mass is 443 g/mol. The molecule has 2 heterocycles. The number of rotatable bonds is 8. The van der Waals surface area contributed by atoms with E-state index in [1.54, 1.807) is 24.1 Å². The van der Waals surface area contributed by atoms with Crippen molar-refractivity contribution in [2.75, 3.05) is 51.4 Å². The molecular weight excluding hydrogens is 417 g/mol. The molecule has 0 atom stereocenters. The highest BCUT2D eigenvalue weighted by molar-refractivity contribution is 7.22. The number of carbonyl (C=O) groups excluding carboxylic acids is 1. The molecule has 0 unspecified atom stereocenters. The maximum Gasteiger partial charge on any atom is 0.233 e. The number of thiazole rings is 1. The van der Waals surface area contributed by atoms with E-state index >= 15 is 0 Å². The zero-order valence-corrected chi connectivity index (χ0v) is 18.4. The van der Waals surface area contributed by atoms with E-state index in [-0.39, 0.29) is 18.1 Å². The fourth-order valence-electron chi connectivity index (χ4n) is 3.61. The third-order valence-corrected chi connectivity index (χ3v) is 6.39. The largest absolute Gasteiger partial charge is 0.497 e. The highest BCUT2D eigenvalue weighted by atomic mass is 32.1. The average Bonchev–Trinajstić information content (AvgIpc) is 3.21. The normalized spacial score (nSPS) is 14.6. The molecule has 4 rings (SSSR count). The van der Waals surface area contributed by atoms with Crippen LogP contribution in [0.3, 0.4) is 0 Å². The fourth-order valence-corrected chi connectivity index (χ4v) is 4.65. The van der Waals surface area contributed by atoms with Crippen molar-refractivity contribution < 1.29 is 18.7 Å². The van der Waals surface area contributed by atoms with Crippen molar-refractivity contribution in [2.24, 2.45) is 0 Å². The number of aromatic nitrogens is 1. The summed E-state index contributed by atoms with van der Waals surface area (Å²) in [6.45, 7) is 4.84. The Morgan fingerprint density at radius 3 is 2.74 bits per heavy atom. The van der Waals surface area contributed by atoms with Crippen LogP contribution in [0, 0.1) is 5.82 Å². The van der Waals surface area contributed by atoms with Crippen LogP contribution in [0.4, 0.5) is 9.52 Å². The van der Waals surface area contributed by atoms with Gasteiger partial charge in [0.2, 0.25) is 5.91 Å². The topological polar surface area (TPSA) is 54.9 Å². The summed E-state index contributed by atoms with van der Waals surface area (Å²) in [5.74, 6) is 0.414. The summed E-state index contributed by atoms with van der Waals surface area (Å²) < 4.78 is 24.9. The van der Waals surface area contributed by atoms with Crippen LogP contribution in [-0.2, 0) is 16.0 Å². The number of morpholine rings is 1. The summed E-state index contributed by atoms with van der Waals surface area (Å²) in [6.07, 6.45) is 1.05. The van der Waals surface area contributed by atoms with Crippen molar-refractivity contribution >= 4 is 32.6 Å². The molecule has 0 radical (unpaired) electrons. The first kappa shape index (κ1) is 21.7. The van der Waals surface area contributed by atoms with Gasteiger partial charge in [0.05, 0.1) is 37.0 Å². The minimum Gasteiger partial charge on any atom is -0.497 e. The maximum absolute atomic E-state index is 13.2. The molecule has 0 bridgehead atoms. The number of anilines is 1. The Bertz CT molecular complexity index is 1020. The molecule has 1 aromatic heterocycles. The van der Waals surface area contributed by atoms with E-state index in [9.17, 15) is 9.18 Å². The Kier molecular flexibility index (Phi) is 7.11. The van der Waals surface area contributed by atoms with Gasteiger partial charge in [0.1, 0.15) is 11.6 Å². The van der Waals surface area contributed by atoms with Gasteiger partial charge in [-0.1, -0.05) is 23.5 Å². The maximum atomic E-state index is 13.2. The number of halogens is 1. The van der Waals surface area contributed by atoms with Gasteiger partial charge in [-0.3, -0.25) is 14.6 Å². The van der Waals surface area contributed by atoms with Gasteiger partial charge in [-0.25, -0.2) is 9.37 Å². The van der Waals surface area contributed by atoms with Crippen LogP contribution in [0.15, 0.2) is 42.5 Å². The molecule has 1 saturated heterocycles. The van der Waals surface area contributed by atoms with Crippen LogP contribution in [0.25, 0.3) is 10.2 Å². The second kappa shape index (κ2) is 10.2. The zero-order chi connectivity index (χ0) is 21.6. The lowest BCUT2D eigenvalue weighted by Gasteiger charge is -2.27. The van der Waals surface area contributed by atoms with Gasteiger partial charge in [0.25, 0.3) is 0 Å². The van der Waals surface area contributed by atoms with Crippen molar-refractivity contribution in [3.63, 3.8) is 0 Å². The highest BCUT2D eigenvalue weighted by Crippen LogP contribution is 2.32. The molecule has 1 aliphatic rings. The third-order valence-electron chi connectivity index (χ3n) is 5.34. The van der Waals surface area contributed by atoms with Gasteiger partial charge in [-0.05, 0) is 42.3 Å². The zero-order valence-electron chi connectivity index (χ0n) is 17.6. The van der Waals surface area contributed by atoms with Gasteiger partial charge in [-0.15, -0.1) is 0 Å². The molecule has 0 aliphatic carbocycles. The molecule has 1 aliphatic heterocycles. The van der Waals surface area contributed by atoms with E-state index in [0.29, 0.717) is 11.7 Å². The number of fused-ring (bicyclic) bond motifs is 1. The lowest BCUT2D eigenvalue weighted by atomic mass is 10.1. The SMILES string of the molecule is COc1ccc2nc(N(CCCN3CCOCC3)C(=O)Cc3ccc(F)cc3)sc2c1. The summed E-state index contributed by atoms with van der Waals surface area (Å²) in [4.78, 5) is 22.0. The van der Waals surface area contributed by atoms with Gasteiger partial charge >= 0.3 is 0 Å². The minimum absolute atomic E-state index is 0.0420. The number of carbonyl (C=O) groups is 1. The Hall–Kier alpha value is -2.55. The summed E-state index contributed by atoms with van der Waals surface area (Å²) in [6, 6.07) is 11.8. The summed E-state index contributed by atoms with van der Waals surface area (Å²) >= 11 is 1.48. The lowest BCUT2D eigenvalue weighted by Crippen LogP contribution is -2.39. The number of ether oxygens (including phenoxy) is 2. The van der Waals surface area contributed by atoms with Crippen molar-refractivity contribution in [3.8, 4) is 5.75 Å². The molecule has 31 heavy (non-hydrogen) atoms. The lowest BCUT2D eigenvalue weighted by molar-refractivity contribution is -0.118. The Morgan fingerprint density at radius 1 is 1.23 bits per heavy atom. The Balaban J connectivity index is 1.52. The summed E-state index contributed by atoms with van der Waals surface area (Å²) in [5, 5.41) is 0.678. The van der Waals surface area contributed by atoms with E-state index in [2.05, 4.69) is 4.90 Å². The first-order chi connectivity index (χ1) is 15.1. The van der Waals surface area contributed by atoms with Gasteiger partial charge in [0, 0.05) is 26.2 Å². The molecule has 3 aromatic rings. The Morgan fingerprint density at radius 2 is 2.00 bits per heavy atom. The van der Waals surface area contributed by atoms with Crippen molar-refractivity contribution in [2.45, 2.75) is 12.8 Å². The van der Waals surface area contributed by atoms with Gasteiger partial charge < -0.3 is 9.47 Å². The predicted octanol–water partition coefficient (Wildman–Crippen LogP) is 3.74. The van der Waals surface area contributed by atoms with Crippen LogP contribution in [0.5, 0.6) is 5.75 Å². The number of nitrogens with zero attached hydrogens (tertiary/aromatic N) is 3. The molecule has 0 spiro atoms. The molecular formula is C23H26FN3O3S. The van der Waals surface area contributed by atoms with Crippen molar-refractivity contribution in [3.05, 3.63) is 53.8 Å². The quantitative estimate of drug-likeness (QED) is 0.531. The smallest absolute Gasteiger partial charge is 0.233 e. The fraction of sp³-hybridized carbons (Fsp3) is 0.391. The summed E-state index contributed by atoms with van der Waals surface area (Å²) in [7, 11) is 1.63. The van der Waals surface area contributed by atoms with Gasteiger partial charge in [-0.2, -0.15) is 0 Å². The summed E-state index contributed by atoms with van der Waals surface area (Å²) in [5.41, 5.74) is 1.63. The number of amides is 1. The van der Waals surface area contributed by atoms with E-state index in [4.69, 9.17) is 14.5 Å². The first-order valence-electron chi connectivity index (χ1n) is 10.4. The molecule has 1 amide bonds. The molecule has 2 aromatic carbocycles. The minimum atomic E-state index is -0.307. The third kappa shape index (κ3) is 5.58. The van der Waals surface area contributed by atoms with E-state index in [0.717, 1.165) is 60.8 Å². The van der Waals surface area contributed by atoms with Crippen LogP contribution >= 0.6 is 11.3 Å². The number of hydrogen-bond acceptors (Lipinski definition) is 6. The highest BCUT2D eigenvalue weighted by Gasteiger charge is 2.21. The second-order valence-corrected chi connectivity index (χ2v) is 8.50. The second-order valence-electron chi connectivity index (χ2n) is 7.49. The van der Waals surface area contributed by atoms with Gasteiger partial charge in [0.15, 0.2) is 5.13 Å². The number of hydrogen-bond donors (Lipinski definition) is 0. The van der Waals surface area contributed by atoms with Crippen molar-refractivity contribution in [1.82, 2.24) is 9.88 Å². The van der Waals surface area contributed by atoms with Crippen LogP contribution in [0.2, 0.25) is 0 Å². The average molecular weight is 444 g/mol. The van der Waals surface area contributed by atoms with E-state index < -0.39 is 0 Å². The first-order valence-corrected chi connectivity index (χ1v) is 11.2. The number of methoxy groups -OCH3 is 1. The molecule has 6 nitrogen and oxygen atoms in total. The number of benzene rings is 2. The molecule has 0 saturated carbocycles. The van der Waals surface area contributed by atoms with Crippen LogP contribution in [-0.4, -0.2) is 62.3 Å². The predicted molar refractivity (Wildman–Crippen MR) is 121 cm³/mol. The molecule has 0 N–H and O–H groups in total. The van der Waals surface area contributed by atoms with Crippen LogP contribution < -0.4 is 9.64 Å². The van der Waals surface area contributed by atoms with Crippen LogP contribution in [0.1, 0.15) is 12.0 Å².